The Morgan fingerprint density at radius 1 is 1.25 bits per heavy atom. The molecule has 2 N–H and O–H groups in total. The van der Waals surface area contributed by atoms with Crippen LogP contribution < -0.4 is 10.6 Å². The van der Waals surface area contributed by atoms with E-state index in [1.165, 1.54) is 6.08 Å². The lowest BCUT2D eigenvalue weighted by atomic mass is 10.2. The van der Waals surface area contributed by atoms with E-state index in [0.29, 0.717) is 12.2 Å². The van der Waals surface area contributed by atoms with Crippen molar-refractivity contribution in [2.45, 2.75) is 13.0 Å². The maximum atomic E-state index is 11.9. The minimum atomic E-state index is -0.591. The predicted molar refractivity (Wildman–Crippen MR) is 80.4 cm³/mol. The number of likely N-dealkylation sites (N-methyl/N-ethyl adjacent to an activating group) is 1. The molecule has 0 aliphatic carbocycles. The summed E-state index contributed by atoms with van der Waals surface area (Å²) in [5.74, 6) is -0.520. The SMILES string of the molecule is C[C@H](NC(=O)/C=C/CN(C)C)C(=O)Nc1ccccc1. The molecule has 0 saturated heterocycles. The van der Waals surface area contributed by atoms with E-state index >= 15 is 0 Å². The molecular formula is C15H21N3O2. The monoisotopic (exact) mass is 275 g/mol. The molecule has 5 heteroatoms. The number of amides is 2. The molecule has 0 unspecified atom stereocenters. The molecule has 0 spiro atoms. The van der Waals surface area contributed by atoms with Crippen LogP contribution in [-0.4, -0.2) is 43.4 Å². The fourth-order valence-corrected chi connectivity index (χ4v) is 1.47. The molecule has 1 atom stereocenters. The largest absolute Gasteiger partial charge is 0.341 e. The highest BCUT2D eigenvalue weighted by Crippen LogP contribution is 2.05. The molecule has 0 aliphatic rings. The molecule has 0 heterocycles. The van der Waals surface area contributed by atoms with E-state index in [1.807, 2.05) is 37.2 Å². The second-order valence-corrected chi connectivity index (χ2v) is 4.75. The molecule has 20 heavy (non-hydrogen) atoms. The molecule has 0 fully saturated rings. The quantitative estimate of drug-likeness (QED) is 0.768. The molecule has 2 amide bonds. The number of nitrogens with zero attached hydrogens (tertiary/aromatic N) is 1. The van der Waals surface area contributed by atoms with Crippen molar-refractivity contribution in [2.24, 2.45) is 0 Å². The first-order valence-corrected chi connectivity index (χ1v) is 6.46. The van der Waals surface area contributed by atoms with E-state index in [9.17, 15) is 9.59 Å². The van der Waals surface area contributed by atoms with Crippen LogP contribution in [0.4, 0.5) is 5.69 Å². The second-order valence-electron chi connectivity index (χ2n) is 4.75. The fourth-order valence-electron chi connectivity index (χ4n) is 1.47. The van der Waals surface area contributed by atoms with Gasteiger partial charge in [-0.2, -0.15) is 0 Å². The number of benzene rings is 1. The average Bonchev–Trinajstić information content (AvgIpc) is 2.39. The Kier molecular flexibility index (Phi) is 6.46. The van der Waals surface area contributed by atoms with Crippen molar-refractivity contribution in [3.8, 4) is 0 Å². The van der Waals surface area contributed by atoms with Crippen molar-refractivity contribution in [3.05, 3.63) is 42.5 Å². The van der Waals surface area contributed by atoms with Gasteiger partial charge >= 0.3 is 0 Å². The summed E-state index contributed by atoms with van der Waals surface area (Å²) in [6, 6.07) is 8.54. The number of rotatable bonds is 6. The van der Waals surface area contributed by atoms with Crippen molar-refractivity contribution < 1.29 is 9.59 Å². The molecule has 5 nitrogen and oxygen atoms in total. The predicted octanol–water partition coefficient (Wildman–Crippen LogP) is 1.25. The zero-order valence-corrected chi connectivity index (χ0v) is 12.1. The van der Waals surface area contributed by atoms with Gasteiger partial charge in [0.15, 0.2) is 0 Å². The van der Waals surface area contributed by atoms with E-state index in [2.05, 4.69) is 10.6 Å². The van der Waals surface area contributed by atoms with Crippen LogP contribution >= 0.6 is 0 Å². The van der Waals surface area contributed by atoms with Gasteiger partial charge in [-0.1, -0.05) is 24.3 Å². The van der Waals surface area contributed by atoms with E-state index in [-0.39, 0.29) is 11.8 Å². The number of para-hydroxylation sites is 1. The van der Waals surface area contributed by atoms with Gasteiger partial charge < -0.3 is 15.5 Å². The number of nitrogens with one attached hydrogen (secondary N) is 2. The number of anilines is 1. The Morgan fingerprint density at radius 2 is 1.90 bits per heavy atom. The third-order valence-corrected chi connectivity index (χ3v) is 2.53. The zero-order valence-electron chi connectivity index (χ0n) is 12.1. The Hall–Kier alpha value is -2.14. The van der Waals surface area contributed by atoms with Crippen LogP contribution in [0.3, 0.4) is 0 Å². The number of hydrogen-bond acceptors (Lipinski definition) is 3. The van der Waals surface area contributed by atoms with Crippen LogP contribution in [0, 0.1) is 0 Å². The third kappa shape index (κ3) is 6.15. The lowest BCUT2D eigenvalue weighted by Crippen LogP contribution is -2.40. The van der Waals surface area contributed by atoms with Gasteiger partial charge in [0, 0.05) is 18.3 Å². The molecule has 108 valence electrons. The van der Waals surface area contributed by atoms with Crippen LogP contribution in [0.1, 0.15) is 6.92 Å². The van der Waals surface area contributed by atoms with E-state index in [0.717, 1.165) is 0 Å². The molecule has 1 aromatic rings. The summed E-state index contributed by atoms with van der Waals surface area (Å²) in [5.41, 5.74) is 0.710. The first-order chi connectivity index (χ1) is 9.49. The number of carbonyl (C=O) groups excluding carboxylic acids is 2. The highest BCUT2D eigenvalue weighted by molar-refractivity contribution is 5.98. The minimum absolute atomic E-state index is 0.245. The summed E-state index contributed by atoms with van der Waals surface area (Å²) in [4.78, 5) is 25.4. The maximum absolute atomic E-state index is 11.9. The lowest BCUT2D eigenvalue weighted by Gasteiger charge is -2.13. The fraction of sp³-hybridized carbons (Fsp3) is 0.333. The summed E-state index contributed by atoms with van der Waals surface area (Å²) < 4.78 is 0. The summed E-state index contributed by atoms with van der Waals surface area (Å²) in [7, 11) is 3.83. The smallest absolute Gasteiger partial charge is 0.246 e. The lowest BCUT2D eigenvalue weighted by molar-refractivity contribution is -0.123. The van der Waals surface area contributed by atoms with Gasteiger partial charge in [0.05, 0.1) is 0 Å². The van der Waals surface area contributed by atoms with Gasteiger partial charge in [-0.3, -0.25) is 9.59 Å². The summed E-state index contributed by atoms with van der Waals surface area (Å²) >= 11 is 0. The molecular weight excluding hydrogens is 254 g/mol. The van der Waals surface area contributed by atoms with Crippen LogP contribution in [0.25, 0.3) is 0 Å². The van der Waals surface area contributed by atoms with E-state index in [4.69, 9.17) is 0 Å². The minimum Gasteiger partial charge on any atom is -0.341 e. The van der Waals surface area contributed by atoms with Crippen molar-refractivity contribution in [1.82, 2.24) is 10.2 Å². The van der Waals surface area contributed by atoms with Crippen molar-refractivity contribution >= 4 is 17.5 Å². The highest BCUT2D eigenvalue weighted by atomic mass is 16.2. The molecule has 1 aromatic carbocycles. The van der Waals surface area contributed by atoms with Crippen LogP contribution in [-0.2, 0) is 9.59 Å². The van der Waals surface area contributed by atoms with Crippen molar-refractivity contribution in [2.75, 3.05) is 26.0 Å². The van der Waals surface area contributed by atoms with Crippen molar-refractivity contribution in [1.29, 1.82) is 0 Å². The van der Waals surface area contributed by atoms with Crippen molar-refractivity contribution in [3.63, 3.8) is 0 Å². The molecule has 0 radical (unpaired) electrons. The van der Waals surface area contributed by atoms with Gasteiger partial charge in [0.25, 0.3) is 0 Å². The third-order valence-electron chi connectivity index (χ3n) is 2.53. The Labute approximate surface area is 119 Å². The summed E-state index contributed by atoms with van der Waals surface area (Å²) in [6.45, 7) is 2.33. The molecule has 0 aliphatic heterocycles. The normalized spacial score (nSPS) is 12.4. The van der Waals surface area contributed by atoms with Gasteiger partial charge in [-0.15, -0.1) is 0 Å². The Morgan fingerprint density at radius 3 is 2.50 bits per heavy atom. The van der Waals surface area contributed by atoms with Gasteiger partial charge in [0.1, 0.15) is 6.04 Å². The molecule has 1 rings (SSSR count). The maximum Gasteiger partial charge on any atom is 0.246 e. The second kappa shape index (κ2) is 8.12. The Bertz CT molecular complexity index is 469. The van der Waals surface area contributed by atoms with E-state index < -0.39 is 6.04 Å². The first-order valence-electron chi connectivity index (χ1n) is 6.46. The molecule has 0 aromatic heterocycles. The van der Waals surface area contributed by atoms with Gasteiger partial charge in [-0.25, -0.2) is 0 Å². The van der Waals surface area contributed by atoms with Gasteiger partial charge in [0.2, 0.25) is 11.8 Å². The van der Waals surface area contributed by atoms with Crippen LogP contribution in [0.5, 0.6) is 0 Å². The van der Waals surface area contributed by atoms with E-state index in [1.54, 1.807) is 25.1 Å². The number of hydrogen-bond donors (Lipinski definition) is 2. The zero-order chi connectivity index (χ0) is 15.0. The van der Waals surface area contributed by atoms with Crippen LogP contribution in [0.15, 0.2) is 42.5 Å². The molecule has 0 saturated carbocycles. The Balaban J connectivity index is 2.42. The van der Waals surface area contributed by atoms with Crippen LogP contribution in [0.2, 0.25) is 0 Å². The van der Waals surface area contributed by atoms with Gasteiger partial charge in [-0.05, 0) is 33.2 Å². The summed E-state index contributed by atoms with van der Waals surface area (Å²) in [5, 5.41) is 5.35. The average molecular weight is 275 g/mol. The number of carbonyl (C=O) groups is 2. The standard InChI is InChI=1S/C15H21N3O2/c1-12(16-14(19)10-7-11-18(2)3)15(20)17-13-8-5-4-6-9-13/h4-10,12H,11H2,1-3H3,(H,16,19)(H,17,20)/b10-7+/t12-/m0/s1. The summed E-state index contributed by atoms with van der Waals surface area (Å²) in [6.07, 6.45) is 3.18. The first kappa shape index (κ1) is 15.9. The molecule has 0 bridgehead atoms. The highest BCUT2D eigenvalue weighted by Gasteiger charge is 2.14. The topological polar surface area (TPSA) is 61.4 Å².